The molecule has 0 bridgehead atoms. The number of aromatic carboxylic acids is 1. The largest absolute Gasteiger partial charge is 0.476 e. The number of carboxylic acid groups (broad SMARTS) is 1. The lowest BCUT2D eigenvalue weighted by Crippen LogP contribution is -2.45. The number of likely N-dealkylation sites (tertiary alicyclic amines) is 1. The lowest BCUT2D eigenvalue weighted by molar-refractivity contribution is 0.0687. The Morgan fingerprint density at radius 3 is 2.48 bits per heavy atom. The SMILES string of the molecule is CN(CC1CC1)C(=O)N1CCC(c2c(C(=O)O)nnn2C)CC1. The van der Waals surface area contributed by atoms with Crippen LogP contribution in [0.1, 0.15) is 47.8 Å². The third-order valence-corrected chi connectivity index (χ3v) is 4.78. The molecular weight excluding hydrogens is 298 g/mol. The summed E-state index contributed by atoms with van der Waals surface area (Å²) >= 11 is 0. The molecule has 3 rings (SSSR count). The maximum Gasteiger partial charge on any atom is 0.358 e. The molecule has 23 heavy (non-hydrogen) atoms. The van der Waals surface area contributed by atoms with Crippen LogP contribution in [0.25, 0.3) is 0 Å². The summed E-state index contributed by atoms with van der Waals surface area (Å²) in [4.78, 5) is 27.4. The summed E-state index contributed by atoms with van der Waals surface area (Å²) in [6, 6.07) is 0.0805. The maximum absolute atomic E-state index is 12.4. The van der Waals surface area contributed by atoms with Crippen molar-refractivity contribution in [3.05, 3.63) is 11.4 Å². The van der Waals surface area contributed by atoms with Gasteiger partial charge >= 0.3 is 12.0 Å². The van der Waals surface area contributed by atoms with Gasteiger partial charge in [0, 0.05) is 39.6 Å². The number of carbonyl (C=O) groups excluding carboxylic acids is 1. The molecule has 2 fully saturated rings. The van der Waals surface area contributed by atoms with Crippen LogP contribution in [-0.2, 0) is 7.05 Å². The molecule has 1 aliphatic carbocycles. The van der Waals surface area contributed by atoms with Gasteiger partial charge in [-0.15, -0.1) is 5.10 Å². The Hall–Kier alpha value is -2.12. The van der Waals surface area contributed by atoms with Gasteiger partial charge in [-0.1, -0.05) is 5.21 Å². The average molecular weight is 321 g/mol. The quantitative estimate of drug-likeness (QED) is 0.898. The van der Waals surface area contributed by atoms with E-state index in [9.17, 15) is 14.7 Å². The third-order valence-electron chi connectivity index (χ3n) is 4.78. The van der Waals surface area contributed by atoms with Crippen molar-refractivity contribution in [3.63, 3.8) is 0 Å². The Labute approximate surface area is 135 Å². The fourth-order valence-electron chi connectivity index (χ4n) is 3.33. The fraction of sp³-hybridized carbons (Fsp3) is 0.733. The van der Waals surface area contributed by atoms with Crippen LogP contribution in [0.3, 0.4) is 0 Å². The number of piperidine rings is 1. The van der Waals surface area contributed by atoms with Gasteiger partial charge in [0.2, 0.25) is 0 Å². The van der Waals surface area contributed by atoms with Gasteiger partial charge in [-0.05, 0) is 31.6 Å². The molecule has 2 heterocycles. The third kappa shape index (κ3) is 3.30. The second-order valence-corrected chi connectivity index (χ2v) is 6.62. The number of aromatic nitrogens is 3. The van der Waals surface area contributed by atoms with Crippen LogP contribution in [0.15, 0.2) is 0 Å². The summed E-state index contributed by atoms with van der Waals surface area (Å²) in [6.45, 7) is 2.12. The number of amides is 2. The highest BCUT2D eigenvalue weighted by Gasteiger charge is 2.32. The smallest absolute Gasteiger partial charge is 0.358 e. The molecule has 126 valence electrons. The van der Waals surface area contributed by atoms with Crippen LogP contribution in [-0.4, -0.2) is 68.6 Å². The first-order valence-electron chi connectivity index (χ1n) is 8.10. The summed E-state index contributed by atoms with van der Waals surface area (Å²) in [7, 11) is 3.58. The molecule has 2 amide bonds. The molecule has 0 unspecified atom stereocenters. The second-order valence-electron chi connectivity index (χ2n) is 6.62. The molecule has 1 saturated heterocycles. The van der Waals surface area contributed by atoms with Gasteiger partial charge in [0.25, 0.3) is 0 Å². The van der Waals surface area contributed by atoms with Crippen molar-refractivity contribution in [2.24, 2.45) is 13.0 Å². The van der Waals surface area contributed by atoms with Crippen molar-refractivity contribution < 1.29 is 14.7 Å². The van der Waals surface area contributed by atoms with E-state index in [-0.39, 0.29) is 17.6 Å². The average Bonchev–Trinajstić information content (AvgIpc) is 3.26. The summed E-state index contributed by atoms with van der Waals surface area (Å²) in [6.07, 6.45) is 3.94. The number of carboxylic acids is 1. The second kappa shape index (κ2) is 6.17. The number of urea groups is 1. The summed E-state index contributed by atoms with van der Waals surface area (Å²) in [5.41, 5.74) is 0.694. The molecule has 1 aliphatic heterocycles. The number of hydrogen-bond donors (Lipinski definition) is 1. The van der Waals surface area contributed by atoms with Crippen LogP contribution >= 0.6 is 0 Å². The molecule has 0 spiro atoms. The maximum atomic E-state index is 12.4. The minimum absolute atomic E-state index is 0.0307. The first-order chi connectivity index (χ1) is 11.0. The molecule has 0 aromatic carbocycles. The normalized spacial score (nSPS) is 19.0. The van der Waals surface area contributed by atoms with Crippen LogP contribution in [0.4, 0.5) is 4.79 Å². The summed E-state index contributed by atoms with van der Waals surface area (Å²) in [5.74, 6) is -0.283. The first kappa shape index (κ1) is 15.8. The van der Waals surface area contributed by atoms with E-state index in [1.54, 1.807) is 11.7 Å². The van der Waals surface area contributed by atoms with Gasteiger partial charge in [-0.3, -0.25) is 4.68 Å². The predicted molar refractivity (Wildman–Crippen MR) is 82.3 cm³/mol. The highest BCUT2D eigenvalue weighted by Crippen LogP contribution is 2.31. The van der Waals surface area contributed by atoms with Gasteiger partial charge in [0.1, 0.15) is 0 Å². The lowest BCUT2D eigenvalue weighted by atomic mass is 9.92. The van der Waals surface area contributed by atoms with E-state index in [1.807, 2.05) is 16.8 Å². The van der Waals surface area contributed by atoms with Crippen molar-refractivity contribution in [1.29, 1.82) is 0 Å². The van der Waals surface area contributed by atoms with Gasteiger partial charge in [0.15, 0.2) is 5.69 Å². The molecule has 0 atom stereocenters. The number of rotatable bonds is 4. The van der Waals surface area contributed by atoms with Crippen molar-refractivity contribution in [1.82, 2.24) is 24.8 Å². The molecule has 1 aromatic rings. The van der Waals surface area contributed by atoms with Crippen molar-refractivity contribution in [3.8, 4) is 0 Å². The van der Waals surface area contributed by atoms with E-state index < -0.39 is 5.97 Å². The molecule has 2 aliphatic rings. The zero-order chi connectivity index (χ0) is 16.6. The van der Waals surface area contributed by atoms with Gasteiger partial charge in [-0.2, -0.15) is 0 Å². The van der Waals surface area contributed by atoms with Gasteiger partial charge in [0.05, 0.1) is 5.69 Å². The zero-order valence-electron chi connectivity index (χ0n) is 13.6. The van der Waals surface area contributed by atoms with E-state index >= 15 is 0 Å². The molecule has 8 nitrogen and oxygen atoms in total. The number of carbonyl (C=O) groups is 2. The van der Waals surface area contributed by atoms with Crippen molar-refractivity contribution in [2.75, 3.05) is 26.7 Å². The zero-order valence-corrected chi connectivity index (χ0v) is 13.6. The van der Waals surface area contributed by atoms with Crippen LogP contribution in [0.2, 0.25) is 0 Å². The Morgan fingerprint density at radius 1 is 1.26 bits per heavy atom. The summed E-state index contributed by atoms with van der Waals surface area (Å²) < 4.78 is 1.55. The topological polar surface area (TPSA) is 91.6 Å². The standard InChI is InChI=1S/C15H23N5O3/c1-18(9-10-3-4-10)15(23)20-7-5-11(6-8-20)13-12(14(21)22)16-17-19(13)2/h10-11H,3-9H2,1-2H3,(H,21,22). The number of aryl methyl sites for hydroxylation is 1. The number of nitrogens with zero attached hydrogens (tertiary/aromatic N) is 5. The monoisotopic (exact) mass is 321 g/mol. The molecule has 1 saturated carbocycles. The number of hydrogen-bond acceptors (Lipinski definition) is 4. The molecule has 8 heteroatoms. The van der Waals surface area contributed by atoms with Crippen molar-refractivity contribution >= 4 is 12.0 Å². The Morgan fingerprint density at radius 2 is 1.91 bits per heavy atom. The highest BCUT2D eigenvalue weighted by molar-refractivity contribution is 5.86. The van der Waals surface area contributed by atoms with Crippen LogP contribution in [0, 0.1) is 5.92 Å². The lowest BCUT2D eigenvalue weighted by Gasteiger charge is -2.34. The Balaban J connectivity index is 1.61. The molecule has 0 radical (unpaired) electrons. The Kier molecular flexibility index (Phi) is 4.23. The molecule has 1 N–H and O–H groups in total. The summed E-state index contributed by atoms with van der Waals surface area (Å²) in [5, 5.41) is 16.8. The first-order valence-corrected chi connectivity index (χ1v) is 8.10. The fourth-order valence-corrected chi connectivity index (χ4v) is 3.33. The minimum Gasteiger partial charge on any atom is -0.476 e. The van der Waals surface area contributed by atoms with E-state index in [2.05, 4.69) is 10.3 Å². The Bertz CT molecular complexity index is 602. The molecular formula is C15H23N5O3. The van der Waals surface area contributed by atoms with Gasteiger partial charge in [-0.25, -0.2) is 9.59 Å². The minimum atomic E-state index is -1.05. The van der Waals surface area contributed by atoms with Crippen LogP contribution < -0.4 is 0 Å². The van der Waals surface area contributed by atoms with E-state index in [0.717, 1.165) is 19.4 Å². The van der Waals surface area contributed by atoms with E-state index in [0.29, 0.717) is 24.7 Å². The van der Waals surface area contributed by atoms with Crippen LogP contribution in [0.5, 0.6) is 0 Å². The molecule has 1 aromatic heterocycles. The van der Waals surface area contributed by atoms with E-state index in [4.69, 9.17) is 0 Å². The highest BCUT2D eigenvalue weighted by atomic mass is 16.4. The predicted octanol–water partition coefficient (Wildman–Crippen LogP) is 1.15. The van der Waals surface area contributed by atoms with E-state index in [1.165, 1.54) is 12.8 Å². The van der Waals surface area contributed by atoms with Gasteiger partial charge < -0.3 is 14.9 Å². The van der Waals surface area contributed by atoms with Crippen molar-refractivity contribution in [2.45, 2.75) is 31.6 Å².